The van der Waals surface area contributed by atoms with Crippen molar-refractivity contribution >= 4 is 17.3 Å². The van der Waals surface area contributed by atoms with Gasteiger partial charge in [-0.1, -0.05) is 17.7 Å². The molecule has 0 bridgehead atoms. The summed E-state index contributed by atoms with van der Waals surface area (Å²) in [7, 11) is 0. The molecule has 5 nitrogen and oxygen atoms in total. The largest absolute Gasteiger partial charge is 0.399 e. The molecule has 0 saturated heterocycles. The second kappa shape index (κ2) is 5.14. The number of anilines is 1. The van der Waals surface area contributed by atoms with Gasteiger partial charge in [-0.15, -0.1) is 5.10 Å². The molecule has 0 aliphatic heterocycles. The van der Waals surface area contributed by atoms with Crippen LogP contribution in [0.3, 0.4) is 0 Å². The van der Waals surface area contributed by atoms with E-state index in [1.165, 1.54) is 22.9 Å². The molecule has 3 aromatic rings. The van der Waals surface area contributed by atoms with E-state index in [4.69, 9.17) is 17.3 Å². The summed E-state index contributed by atoms with van der Waals surface area (Å²) in [5.41, 5.74) is 7.92. The second-order valence-corrected chi connectivity index (χ2v) is 5.02. The van der Waals surface area contributed by atoms with Gasteiger partial charge in [0, 0.05) is 5.69 Å². The van der Waals surface area contributed by atoms with Gasteiger partial charge in [0.2, 0.25) is 0 Å². The predicted molar refractivity (Wildman–Crippen MR) is 78.7 cm³/mol. The molecule has 3 rings (SSSR count). The number of hydrogen-bond acceptors (Lipinski definition) is 4. The molecule has 0 fully saturated rings. The average Bonchev–Trinajstić information content (AvgIpc) is 2.93. The molecule has 1 aromatic heterocycles. The minimum absolute atomic E-state index is 0.220. The molecule has 0 amide bonds. The fourth-order valence-electron chi connectivity index (χ4n) is 2.02. The average molecular weight is 304 g/mol. The van der Waals surface area contributed by atoms with Gasteiger partial charge in [-0.05, 0) is 53.2 Å². The van der Waals surface area contributed by atoms with E-state index in [1.54, 1.807) is 6.07 Å². The van der Waals surface area contributed by atoms with E-state index >= 15 is 0 Å². The maximum atomic E-state index is 14.0. The number of nitrogens with two attached hydrogens (primary N) is 1. The van der Waals surface area contributed by atoms with Crippen molar-refractivity contribution < 1.29 is 4.39 Å². The second-order valence-electron chi connectivity index (χ2n) is 4.61. The Labute approximate surface area is 125 Å². The van der Waals surface area contributed by atoms with Crippen LogP contribution in [0.2, 0.25) is 5.02 Å². The first kappa shape index (κ1) is 13.5. The third kappa shape index (κ3) is 2.45. The number of rotatable bonds is 2. The van der Waals surface area contributed by atoms with E-state index in [0.717, 1.165) is 5.56 Å². The summed E-state index contributed by atoms with van der Waals surface area (Å²) in [6, 6.07) is 9.69. The lowest BCUT2D eigenvalue weighted by Gasteiger charge is -2.08. The highest BCUT2D eigenvalue weighted by Crippen LogP contribution is 2.28. The molecule has 0 aliphatic rings. The number of tetrazole rings is 1. The number of halogens is 2. The van der Waals surface area contributed by atoms with Crippen molar-refractivity contribution in [3.05, 3.63) is 52.8 Å². The highest BCUT2D eigenvalue weighted by molar-refractivity contribution is 6.32. The van der Waals surface area contributed by atoms with Crippen LogP contribution >= 0.6 is 11.6 Å². The van der Waals surface area contributed by atoms with Crippen LogP contribution in [0.1, 0.15) is 5.56 Å². The van der Waals surface area contributed by atoms with Crippen molar-refractivity contribution in [2.75, 3.05) is 5.73 Å². The first-order valence-electron chi connectivity index (χ1n) is 6.16. The third-order valence-electron chi connectivity index (χ3n) is 3.03. The molecule has 2 aromatic carbocycles. The van der Waals surface area contributed by atoms with E-state index < -0.39 is 5.82 Å². The van der Waals surface area contributed by atoms with Gasteiger partial charge < -0.3 is 5.73 Å². The molecule has 2 N–H and O–H groups in total. The van der Waals surface area contributed by atoms with Crippen LogP contribution in [0, 0.1) is 12.7 Å². The number of aromatic nitrogens is 4. The summed E-state index contributed by atoms with van der Waals surface area (Å²) in [6.45, 7) is 1.92. The van der Waals surface area contributed by atoms with Crippen molar-refractivity contribution in [1.29, 1.82) is 0 Å². The Kier molecular flexibility index (Phi) is 3.31. The Morgan fingerprint density at radius 3 is 2.81 bits per heavy atom. The zero-order chi connectivity index (χ0) is 15.0. The highest BCUT2D eigenvalue weighted by Gasteiger charge is 2.17. The molecular formula is C14H11ClFN5. The topological polar surface area (TPSA) is 69.6 Å². The van der Waals surface area contributed by atoms with Crippen LogP contribution < -0.4 is 5.73 Å². The monoisotopic (exact) mass is 303 g/mol. The van der Waals surface area contributed by atoms with E-state index in [-0.39, 0.29) is 11.4 Å². The van der Waals surface area contributed by atoms with Crippen molar-refractivity contribution in [3.63, 3.8) is 0 Å². The lowest BCUT2D eigenvalue weighted by molar-refractivity contribution is 0.629. The molecule has 106 valence electrons. The molecule has 0 unspecified atom stereocenters. The smallest absolute Gasteiger partial charge is 0.190 e. The Bertz CT molecular complexity index is 749. The molecule has 0 aliphatic carbocycles. The molecule has 0 saturated carbocycles. The Morgan fingerprint density at radius 1 is 1.19 bits per heavy atom. The van der Waals surface area contributed by atoms with Crippen LogP contribution in [0.4, 0.5) is 10.1 Å². The zero-order valence-corrected chi connectivity index (χ0v) is 11.8. The van der Waals surface area contributed by atoms with Crippen LogP contribution in [-0.4, -0.2) is 20.2 Å². The fraction of sp³-hybridized carbons (Fsp3) is 0.0714. The first-order valence-corrected chi connectivity index (χ1v) is 6.54. The predicted octanol–water partition coefficient (Wildman–Crippen LogP) is 3.01. The maximum Gasteiger partial charge on any atom is 0.190 e. The van der Waals surface area contributed by atoms with E-state index in [0.29, 0.717) is 16.4 Å². The number of benzene rings is 2. The van der Waals surface area contributed by atoms with Gasteiger partial charge in [0.05, 0.1) is 16.3 Å². The van der Waals surface area contributed by atoms with E-state index in [9.17, 15) is 4.39 Å². The Hall–Kier alpha value is -2.47. The normalized spacial score (nSPS) is 10.8. The summed E-state index contributed by atoms with van der Waals surface area (Å²) in [6.07, 6.45) is 0. The SMILES string of the molecule is Cc1ccc(Cl)c(-n2nnnc2-c2cc(N)ccc2F)c1. The number of hydrogen-bond donors (Lipinski definition) is 1. The zero-order valence-electron chi connectivity index (χ0n) is 11.1. The number of nitrogens with zero attached hydrogens (tertiary/aromatic N) is 4. The van der Waals surface area contributed by atoms with Crippen LogP contribution in [-0.2, 0) is 0 Å². The van der Waals surface area contributed by atoms with Gasteiger partial charge in [-0.25, -0.2) is 4.39 Å². The molecule has 7 heteroatoms. The Balaban J connectivity index is 2.22. The van der Waals surface area contributed by atoms with Gasteiger partial charge in [-0.3, -0.25) is 0 Å². The minimum atomic E-state index is -0.455. The standard InChI is InChI=1S/C14H11ClFN5/c1-8-2-4-11(15)13(6-8)21-14(18-19-20-21)10-7-9(17)3-5-12(10)16/h2-7H,17H2,1H3. The van der Waals surface area contributed by atoms with Gasteiger partial charge >= 0.3 is 0 Å². The van der Waals surface area contributed by atoms with Crippen LogP contribution in [0.25, 0.3) is 17.1 Å². The molecular weight excluding hydrogens is 293 g/mol. The van der Waals surface area contributed by atoms with Gasteiger partial charge in [0.25, 0.3) is 0 Å². The maximum absolute atomic E-state index is 14.0. The molecule has 0 atom stereocenters. The summed E-state index contributed by atoms with van der Waals surface area (Å²) < 4.78 is 15.4. The van der Waals surface area contributed by atoms with Gasteiger partial charge in [0.1, 0.15) is 5.82 Å². The summed E-state index contributed by atoms with van der Waals surface area (Å²) in [4.78, 5) is 0. The van der Waals surface area contributed by atoms with Crippen LogP contribution in [0.15, 0.2) is 36.4 Å². The van der Waals surface area contributed by atoms with Gasteiger partial charge in [-0.2, -0.15) is 4.68 Å². The van der Waals surface area contributed by atoms with Gasteiger partial charge in [0.15, 0.2) is 5.82 Å². The number of aryl methyl sites for hydroxylation is 1. The Morgan fingerprint density at radius 2 is 2.00 bits per heavy atom. The lowest BCUT2D eigenvalue weighted by atomic mass is 10.1. The van der Waals surface area contributed by atoms with E-state index in [1.807, 2.05) is 19.1 Å². The van der Waals surface area contributed by atoms with Crippen LogP contribution in [0.5, 0.6) is 0 Å². The minimum Gasteiger partial charge on any atom is -0.399 e. The van der Waals surface area contributed by atoms with Crippen molar-refractivity contribution in [1.82, 2.24) is 20.2 Å². The molecule has 0 radical (unpaired) electrons. The molecule has 21 heavy (non-hydrogen) atoms. The summed E-state index contributed by atoms with van der Waals surface area (Å²) in [5.74, 6) is -0.212. The third-order valence-corrected chi connectivity index (χ3v) is 3.35. The van der Waals surface area contributed by atoms with Crippen molar-refractivity contribution in [3.8, 4) is 17.1 Å². The molecule has 1 heterocycles. The summed E-state index contributed by atoms with van der Waals surface area (Å²) in [5, 5.41) is 11.9. The van der Waals surface area contributed by atoms with Crippen molar-refractivity contribution in [2.24, 2.45) is 0 Å². The van der Waals surface area contributed by atoms with E-state index in [2.05, 4.69) is 15.5 Å². The first-order chi connectivity index (χ1) is 10.1. The highest BCUT2D eigenvalue weighted by atomic mass is 35.5. The molecule has 0 spiro atoms. The lowest BCUT2D eigenvalue weighted by Crippen LogP contribution is -2.03. The summed E-state index contributed by atoms with van der Waals surface area (Å²) >= 11 is 6.18. The van der Waals surface area contributed by atoms with Crippen molar-refractivity contribution in [2.45, 2.75) is 6.92 Å². The quantitative estimate of drug-likeness (QED) is 0.739. The fourth-order valence-corrected chi connectivity index (χ4v) is 2.21. The number of nitrogen functional groups attached to an aromatic ring is 1.